The Kier molecular flexibility index (Phi) is 3.99. The zero-order valence-corrected chi connectivity index (χ0v) is 14.8. The number of aryl methyl sites for hydroxylation is 1. The molecule has 0 aliphatic rings. The van der Waals surface area contributed by atoms with Gasteiger partial charge in [-0.15, -0.1) is 11.3 Å². The van der Waals surface area contributed by atoms with Crippen molar-refractivity contribution in [1.29, 1.82) is 0 Å². The predicted molar refractivity (Wildman–Crippen MR) is 91.1 cm³/mol. The van der Waals surface area contributed by atoms with Crippen LogP contribution in [-0.4, -0.2) is 9.78 Å². The van der Waals surface area contributed by atoms with Crippen LogP contribution >= 0.6 is 43.2 Å². The molecule has 2 heterocycles. The van der Waals surface area contributed by atoms with Crippen LogP contribution in [-0.2, 0) is 13.5 Å². The summed E-state index contributed by atoms with van der Waals surface area (Å²) in [6, 6.07) is 10.3. The van der Waals surface area contributed by atoms with Gasteiger partial charge in [0.2, 0.25) is 0 Å². The molecule has 2 aromatic heterocycles. The molecule has 3 aromatic rings. The molecule has 0 fully saturated rings. The van der Waals surface area contributed by atoms with Gasteiger partial charge in [-0.2, -0.15) is 5.10 Å². The molecule has 0 saturated heterocycles. The smallest absolute Gasteiger partial charge is 0.0843 e. The average molecular weight is 415 g/mol. The summed E-state index contributed by atoms with van der Waals surface area (Å²) in [6.07, 6.45) is 0.737. The summed E-state index contributed by atoms with van der Waals surface area (Å²) >= 11 is 8.68. The molecule has 1 unspecified atom stereocenters. The molecule has 1 aromatic carbocycles. The van der Waals surface area contributed by atoms with E-state index in [0.29, 0.717) is 0 Å². The van der Waals surface area contributed by atoms with Crippen LogP contribution in [0, 0.1) is 0 Å². The Balaban J connectivity index is 1.93. The summed E-state index contributed by atoms with van der Waals surface area (Å²) in [7, 11) is 1.97. The minimum absolute atomic E-state index is 0.0408. The fourth-order valence-electron chi connectivity index (χ4n) is 2.29. The number of thiophene rings is 1. The molecule has 104 valence electrons. The van der Waals surface area contributed by atoms with E-state index in [9.17, 15) is 0 Å². The Bertz CT molecular complexity index is 743. The fraction of sp³-hybridized carbons (Fsp3) is 0.214. The Hall–Kier alpha value is -0.690. The normalized spacial score (nSPS) is 13.0. The molecular weight excluding hydrogens is 402 g/mol. The van der Waals surface area contributed by atoms with E-state index in [1.807, 2.05) is 23.9 Å². The molecule has 3 rings (SSSR count). The molecule has 6 heteroatoms. The monoisotopic (exact) mass is 413 g/mol. The Morgan fingerprint density at radius 2 is 2.10 bits per heavy atom. The minimum Gasteiger partial charge on any atom is -0.323 e. The Morgan fingerprint density at radius 1 is 1.35 bits per heavy atom. The molecule has 0 saturated carbocycles. The van der Waals surface area contributed by atoms with Gasteiger partial charge in [-0.1, -0.05) is 18.2 Å². The summed E-state index contributed by atoms with van der Waals surface area (Å²) in [4.78, 5) is 1.15. The highest BCUT2D eigenvalue weighted by atomic mass is 79.9. The number of nitrogens with zero attached hydrogens (tertiary/aromatic N) is 2. The lowest BCUT2D eigenvalue weighted by molar-refractivity contribution is 0.691. The second-order valence-electron chi connectivity index (χ2n) is 4.67. The topological polar surface area (TPSA) is 43.8 Å². The summed E-state index contributed by atoms with van der Waals surface area (Å²) in [5.41, 5.74) is 8.52. The largest absolute Gasteiger partial charge is 0.323 e. The van der Waals surface area contributed by atoms with Crippen molar-refractivity contribution in [3.8, 4) is 0 Å². The maximum atomic E-state index is 6.33. The zero-order valence-electron chi connectivity index (χ0n) is 10.8. The highest BCUT2D eigenvalue weighted by Crippen LogP contribution is 2.36. The number of hydrogen-bond acceptors (Lipinski definition) is 3. The summed E-state index contributed by atoms with van der Waals surface area (Å²) < 4.78 is 4.05. The van der Waals surface area contributed by atoms with E-state index in [1.54, 1.807) is 11.3 Å². The summed E-state index contributed by atoms with van der Waals surface area (Å²) in [5, 5.41) is 5.78. The third kappa shape index (κ3) is 2.57. The van der Waals surface area contributed by atoms with Gasteiger partial charge in [-0.25, -0.2) is 0 Å². The number of aromatic nitrogens is 2. The van der Waals surface area contributed by atoms with Crippen molar-refractivity contribution < 1.29 is 0 Å². The summed E-state index contributed by atoms with van der Waals surface area (Å²) in [5.74, 6) is 0. The van der Waals surface area contributed by atoms with Gasteiger partial charge in [0, 0.05) is 34.2 Å². The van der Waals surface area contributed by atoms with Crippen LogP contribution in [0.3, 0.4) is 0 Å². The van der Waals surface area contributed by atoms with Gasteiger partial charge in [0.05, 0.1) is 15.0 Å². The van der Waals surface area contributed by atoms with Crippen molar-refractivity contribution in [2.45, 2.75) is 12.5 Å². The average Bonchev–Trinajstić information content (AvgIpc) is 2.92. The molecule has 2 N–H and O–H groups in total. The van der Waals surface area contributed by atoms with E-state index in [0.717, 1.165) is 30.8 Å². The van der Waals surface area contributed by atoms with E-state index < -0.39 is 0 Å². The fourth-order valence-corrected chi connectivity index (χ4v) is 4.39. The molecule has 0 amide bonds. The van der Waals surface area contributed by atoms with Crippen molar-refractivity contribution in [3.63, 3.8) is 0 Å². The van der Waals surface area contributed by atoms with Crippen molar-refractivity contribution in [2.24, 2.45) is 12.8 Å². The Labute approximate surface area is 138 Å². The second kappa shape index (κ2) is 5.60. The molecular formula is C14H13Br2N3S. The molecule has 0 radical (unpaired) electrons. The quantitative estimate of drug-likeness (QED) is 0.689. The predicted octanol–water partition coefficient (Wildman–Crippen LogP) is 4.40. The molecule has 20 heavy (non-hydrogen) atoms. The number of fused-ring (bicyclic) bond motifs is 1. The number of benzene rings is 1. The second-order valence-corrected chi connectivity index (χ2v) is 7.92. The molecule has 0 aliphatic heterocycles. The lowest BCUT2D eigenvalue weighted by Crippen LogP contribution is -2.12. The van der Waals surface area contributed by atoms with Gasteiger partial charge in [0.1, 0.15) is 0 Å². The first kappa shape index (κ1) is 14.3. The van der Waals surface area contributed by atoms with Gasteiger partial charge < -0.3 is 5.73 Å². The van der Waals surface area contributed by atoms with E-state index in [2.05, 4.69) is 55.2 Å². The minimum atomic E-state index is -0.0408. The highest BCUT2D eigenvalue weighted by Gasteiger charge is 2.16. The maximum absolute atomic E-state index is 6.33. The van der Waals surface area contributed by atoms with Gasteiger partial charge in [0.25, 0.3) is 0 Å². The van der Waals surface area contributed by atoms with E-state index >= 15 is 0 Å². The zero-order chi connectivity index (χ0) is 14.3. The lowest BCUT2D eigenvalue weighted by atomic mass is 10.1. The first-order valence-electron chi connectivity index (χ1n) is 6.17. The number of para-hydroxylation sites is 1. The number of halogens is 2. The number of nitrogens with two attached hydrogens (primary N) is 1. The third-order valence-corrected chi connectivity index (χ3v) is 6.67. The van der Waals surface area contributed by atoms with Crippen molar-refractivity contribution in [3.05, 3.63) is 49.2 Å². The molecule has 0 spiro atoms. The van der Waals surface area contributed by atoms with Gasteiger partial charge in [-0.3, -0.25) is 4.68 Å². The molecule has 0 aliphatic carbocycles. The van der Waals surface area contributed by atoms with Crippen LogP contribution in [0.25, 0.3) is 10.9 Å². The van der Waals surface area contributed by atoms with Crippen LogP contribution < -0.4 is 5.73 Å². The first-order chi connectivity index (χ1) is 9.56. The maximum Gasteiger partial charge on any atom is 0.0843 e. The van der Waals surface area contributed by atoms with Crippen molar-refractivity contribution >= 4 is 54.1 Å². The summed E-state index contributed by atoms with van der Waals surface area (Å²) in [6.45, 7) is 0. The Morgan fingerprint density at radius 3 is 2.80 bits per heavy atom. The SMILES string of the molecule is Cn1nc(CC(N)c2cc(Br)c(Br)s2)c2ccccc21. The lowest BCUT2D eigenvalue weighted by Gasteiger charge is -2.07. The number of hydrogen-bond donors (Lipinski definition) is 1. The van der Waals surface area contributed by atoms with Crippen LogP contribution in [0.4, 0.5) is 0 Å². The first-order valence-corrected chi connectivity index (χ1v) is 8.57. The van der Waals surface area contributed by atoms with Crippen molar-refractivity contribution in [2.75, 3.05) is 0 Å². The van der Waals surface area contributed by atoms with Crippen LogP contribution in [0.15, 0.2) is 38.6 Å². The van der Waals surface area contributed by atoms with Crippen LogP contribution in [0.1, 0.15) is 16.6 Å². The standard InChI is InChI=1S/C14H13Br2N3S/c1-19-12-5-3-2-4-8(12)11(18-19)7-10(17)13-6-9(15)14(16)20-13/h2-6,10H,7,17H2,1H3. The highest BCUT2D eigenvalue weighted by molar-refractivity contribution is 9.13. The third-order valence-electron chi connectivity index (χ3n) is 3.28. The van der Waals surface area contributed by atoms with Gasteiger partial charge in [0.15, 0.2) is 0 Å². The number of rotatable bonds is 3. The van der Waals surface area contributed by atoms with Crippen molar-refractivity contribution in [1.82, 2.24) is 9.78 Å². The van der Waals surface area contributed by atoms with Crippen LogP contribution in [0.5, 0.6) is 0 Å². The van der Waals surface area contributed by atoms with E-state index in [-0.39, 0.29) is 6.04 Å². The van der Waals surface area contributed by atoms with Gasteiger partial charge in [-0.05, 0) is 44.0 Å². The molecule has 0 bridgehead atoms. The van der Waals surface area contributed by atoms with E-state index in [1.165, 1.54) is 5.39 Å². The molecule has 3 nitrogen and oxygen atoms in total. The van der Waals surface area contributed by atoms with Gasteiger partial charge >= 0.3 is 0 Å². The molecule has 1 atom stereocenters. The van der Waals surface area contributed by atoms with E-state index in [4.69, 9.17) is 5.73 Å². The van der Waals surface area contributed by atoms with Crippen LogP contribution in [0.2, 0.25) is 0 Å².